The molecule has 21 heavy (non-hydrogen) atoms. The molecule has 2 nitrogen and oxygen atoms in total. The molecule has 0 bridgehead atoms. The summed E-state index contributed by atoms with van der Waals surface area (Å²) in [5.74, 6) is 0. The van der Waals surface area contributed by atoms with Crippen LogP contribution >= 0.6 is 0 Å². The SMILES string of the molecule is CCCc1ccccn1.CCCc1ccccn1.[Br-].[Br-].[Zn+2]. The number of pyridine rings is 2. The zero-order valence-electron chi connectivity index (χ0n) is 12.8. The van der Waals surface area contributed by atoms with Crippen molar-refractivity contribution >= 4 is 0 Å². The number of halogens is 2. The van der Waals surface area contributed by atoms with Crippen LogP contribution in [-0.4, -0.2) is 9.97 Å². The first kappa shape index (κ1) is 25.8. The Hall–Kier alpha value is -0.117. The Morgan fingerprint density at radius 1 is 0.714 bits per heavy atom. The van der Waals surface area contributed by atoms with Crippen LogP contribution in [-0.2, 0) is 32.3 Å². The summed E-state index contributed by atoms with van der Waals surface area (Å²) < 4.78 is 0. The Balaban J connectivity index is -0.000000270. The smallest absolute Gasteiger partial charge is 1.00 e. The number of aryl methyl sites for hydroxylation is 2. The quantitative estimate of drug-likeness (QED) is 0.490. The van der Waals surface area contributed by atoms with E-state index >= 15 is 0 Å². The molecule has 2 aromatic rings. The molecule has 0 aromatic carbocycles. The third-order valence-corrected chi connectivity index (χ3v) is 2.46. The van der Waals surface area contributed by atoms with E-state index in [1.165, 1.54) is 24.2 Å². The maximum atomic E-state index is 4.17. The van der Waals surface area contributed by atoms with Crippen molar-refractivity contribution in [2.45, 2.75) is 39.5 Å². The molecule has 5 heteroatoms. The topological polar surface area (TPSA) is 25.8 Å². The third kappa shape index (κ3) is 13.3. The van der Waals surface area contributed by atoms with Crippen LogP contribution in [0.1, 0.15) is 38.1 Å². The molecule has 0 atom stereocenters. The van der Waals surface area contributed by atoms with Crippen molar-refractivity contribution in [3.8, 4) is 0 Å². The fourth-order valence-electron chi connectivity index (χ4n) is 1.60. The Labute approximate surface area is 162 Å². The van der Waals surface area contributed by atoms with Gasteiger partial charge in [0.2, 0.25) is 0 Å². The van der Waals surface area contributed by atoms with E-state index in [1.807, 2.05) is 36.7 Å². The van der Waals surface area contributed by atoms with Gasteiger partial charge in [-0.05, 0) is 37.1 Å². The second kappa shape index (κ2) is 17.9. The van der Waals surface area contributed by atoms with Crippen LogP contribution < -0.4 is 34.0 Å². The fourth-order valence-corrected chi connectivity index (χ4v) is 1.60. The molecule has 0 radical (unpaired) electrons. The maximum absolute atomic E-state index is 4.17. The average Bonchev–Trinajstić information content (AvgIpc) is 2.43. The number of nitrogens with zero attached hydrogens (tertiary/aromatic N) is 2. The van der Waals surface area contributed by atoms with Crippen LogP contribution in [0.15, 0.2) is 48.8 Å². The molecule has 0 aliphatic rings. The summed E-state index contributed by atoms with van der Waals surface area (Å²) in [6.45, 7) is 4.32. The number of aromatic nitrogens is 2. The number of hydrogen-bond acceptors (Lipinski definition) is 2. The van der Waals surface area contributed by atoms with Gasteiger partial charge in [-0.1, -0.05) is 38.8 Å². The number of hydrogen-bond donors (Lipinski definition) is 0. The van der Waals surface area contributed by atoms with Crippen molar-refractivity contribution in [3.63, 3.8) is 0 Å². The van der Waals surface area contributed by atoms with Gasteiger partial charge in [0.15, 0.2) is 0 Å². The van der Waals surface area contributed by atoms with Crippen molar-refractivity contribution in [2.75, 3.05) is 0 Å². The van der Waals surface area contributed by atoms with E-state index in [4.69, 9.17) is 0 Å². The minimum atomic E-state index is 0. The Morgan fingerprint density at radius 3 is 1.33 bits per heavy atom. The molecule has 0 unspecified atom stereocenters. The van der Waals surface area contributed by atoms with Gasteiger partial charge >= 0.3 is 19.5 Å². The second-order valence-corrected chi connectivity index (χ2v) is 4.14. The summed E-state index contributed by atoms with van der Waals surface area (Å²) in [6, 6.07) is 12.1. The Bertz CT molecular complexity index is 372. The summed E-state index contributed by atoms with van der Waals surface area (Å²) in [4.78, 5) is 8.34. The maximum Gasteiger partial charge on any atom is 2.00 e. The van der Waals surface area contributed by atoms with Crippen LogP contribution in [0.3, 0.4) is 0 Å². The third-order valence-electron chi connectivity index (χ3n) is 2.46. The standard InChI is InChI=1S/2C8H11N.2BrH.Zn/c2*1-2-5-8-6-3-4-7-9-8;;;/h2*3-4,6-7H,2,5H2,1H3;2*1H;/q;;;;+2/p-2. The van der Waals surface area contributed by atoms with Crippen LogP contribution in [0.2, 0.25) is 0 Å². The summed E-state index contributed by atoms with van der Waals surface area (Å²) in [6.07, 6.45) is 8.23. The van der Waals surface area contributed by atoms with Gasteiger partial charge in [-0.15, -0.1) is 0 Å². The van der Waals surface area contributed by atoms with E-state index < -0.39 is 0 Å². The molecule has 0 spiro atoms. The molecule has 2 rings (SSSR count). The number of rotatable bonds is 4. The second-order valence-electron chi connectivity index (χ2n) is 4.14. The van der Waals surface area contributed by atoms with Gasteiger partial charge in [0.05, 0.1) is 0 Å². The monoisotopic (exact) mass is 464 g/mol. The molecular formula is C16H22Br2N2Zn. The molecule has 0 aliphatic carbocycles. The van der Waals surface area contributed by atoms with Crippen LogP contribution in [0.4, 0.5) is 0 Å². The summed E-state index contributed by atoms with van der Waals surface area (Å²) in [7, 11) is 0. The van der Waals surface area contributed by atoms with Crippen molar-refractivity contribution in [3.05, 3.63) is 60.2 Å². The van der Waals surface area contributed by atoms with E-state index in [9.17, 15) is 0 Å². The minimum Gasteiger partial charge on any atom is -1.00 e. The summed E-state index contributed by atoms with van der Waals surface area (Å²) in [5.41, 5.74) is 2.39. The molecule has 0 fully saturated rings. The zero-order valence-corrected chi connectivity index (χ0v) is 18.9. The minimum absolute atomic E-state index is 0. The van der Waals surface area contributed by atoms with Crippen molar-refractivity contribution in [1.29, 1.82) is 0 Å². The van der Waals surface area contributed by atoms with Crippen LogP contribution in [0, 0.1) is 0 Å². The molecule has 112 valence electrons. The summed E-state index contributed by atoms with van der Waals surface area (Å²) in [5, 5.41) is 0. The normalized spacial score (nSPS) is 8.10. The Kier molecular flexibility index (Phi) is 22.0. The molecule has 0 amide bonds. The first-order valence-corrected chi connectivity index (χ1v) is 6.66. The average molecular weight is 468 g/mol. The Morgan fingerprint density at radius 2 is 1.10 bits per heavy atom. The van der Waals surface area contributed by atoms with Gasteiger partial charge < -0.3 is 34.0 Å². The van der Waals surface area contributed by atoms with Crippen LogP contribution in [0.25, 0.3) is 0 Å². The zero-order chi connectivity index (χ0) is 13.1. The van der Waals surface area contributed by atoms with Gasteiger partial charge in [-0.25, -0.2) is 0 Å². The van der Waals surface area contributed by atoms with E-state index in [-0.39, 0.29) is 53.4 Å². The van der Waals surface area contributed by atoms with E-state index in [0.29, 0.717) is 0 Å². The first-order valence-electron chi connectivity index (χ1n) is 6.66. The van der Waals surface area contributed by atoms with E-state index in [0.717, 1.165) is 12.8 Å². The molecule has 2 aromatic heterocycles. The first-order chi connectivity index (χ1) is 8.86. The van der Waals surface area contributed by atoms with Gasteiger partial charge in [0, 0.05) is 23.8 Å². The molecule has 0 saturated carbocycles. The van der Waals surface area contributed by atoms with Crippen molar-refractivity contribution < 1.29 is 53.4 Å². The van der Waals surface area contributed by atoms with Crippen molar-refractivity contribution in [2.24, 2.45) is 0 Å². The van der Waals surface area contributed by atoms with Gasteiger partial charge in [-0.3, -0.25) is 9.97 Å². The largest absolute Gasteiger partial charge is 2.00 e. The van der Waals surface area contributed by atoms with E-state index in [1.54, 1.807) is 0 Å². The molecule has 0 N–H and O–H groups in total. The van der Waals surface area contributed by atoms with Gasteiger partial charge in [0.1, 0.15) is 0 Å². The van der Waals surface area contributed by atoms with Gasteiger partial charge in [0.25, 0.3) is 0 Å². The van der Waals surface area contributed by atoms with E-state index in [2.05, 4.69) is 35.9 Å². The fraction of sp³-hybridized carbons (Fsp3) is 0.375. The molecule has 2 heterocycles. The van der Waals surface area contributed by atoms with Crippen molar-refractivity contribution in [1.82, 2.24) is 9.97 Å². The molecule has 0 saturated heterocycles. The molecular weight excluding hydrogens is 445 g/mol. The predicted molar refractivity (Wildman–Crippen MR) is 76.5 cm³/mol. The predicted octanol–water partition coefficient (Wildman–Crippen LogP) is -1.93. The van der Waals surface area contributed by atoms with Crippen LogP contribution in [0.5, 0.6) is 0 Å². The summed E-state index contributed by atoms with van der Waals surface area (Å²) >= 11 is 0. The van der Waals surface area contributed by atoms with Gasteiger partial charge in [-0.2, -0.15) is 0 Å². The molecule has 0 aliphatic heterocycles.